The lowest BCUT2D eigenvalue weighted by molar-refractivity contribution is 0.410. The second kappa shape index (κ2) is 4.67. The Morgan fingerprint density at radius 1 is 1.33 bits per heavy atom. The van der Waals surface area contributed by atoms with E-state index in [1.54, 1.807) is 10.4 Å². The van der Waals surface area contributed by atoms with Gasteiger partial charge in [0.2, 0.25) is 0 Å². The summed E-state index contributed by atoms with van der Waals surface area (Å²) < 4.78 is 0. The summed E-state index contributed by atoms with van der Waals surface area (Å²) >= 11 is 1.96. The summed E-state index contributed by atoms with van der Waals surface area (Å²) in [7, 11) is 0. The maximum Gasteiger partial charge on any atom is 0.0418 e. The highest BCUT2D eigenvalue weighted by molar-refractivity contribution is 7.12. The van der Waals surface area contributed by atoms with Crippen LogP contribution in [0, 0.1) is 5.92 Å². The van der Waals surface area contributed by atoms with Gasteiger partial charge in [0.05, 0.1) is 0 Å². The molecule has 0 aliphatic heterocycles. The molecule has 1 aromatic heterocycles. The molecule has 1 aliphatic rings. The molecule has 2 heteroatoms. The zero-order valence-electron chi connectivity index (χ0n) is 9.75. The van der Waals surface area contributed by atoms with Gasteiger partial charge in [-0.2, -0.15) is 0 Å². The molecule has 0 radical (unpaired) electrons. The number of hydrogen-bond donors (Lipinski definition) is 1. The van der Waals surface area contributed by atoms with Crippen LogP contribution >= 0.6 is 11.3 Å². The fraction of sp³-hybridized carbons (Fsp3) is 0.692. The number of hydrogen-bond acceptors (Lipinski definition) is 2. The van der Waals surface area contributed by atoms with Crippen LogP contribution in [0.25, 0.3) is 0 Å². The Balaban J connectivity index is 2.15. The lowest BCUT2D eigenvalue weighted by Gasteiger charge is -2.19. The smallest absolute Gasteiger partial charge is 0.0418 e. The fourth-order valence-electron chi connectivity index (χ4n) is 2.55. The van der Waals surface area contributed by atoms with Gasteiger partial charge >= 0.3 is 0 Å². The Bertz CT molecular complexity index is 304. The Kier molecular flexibility index (Phi) is 3.47. The summed E-state index contributed by atoms with van der Waals surface area (Å²) in [4.78, 5) is 3.03. The molecule has 0 saturated carbocycles. The van der Waals surface area contributed by atoms with E-state index in [2.05, 4.69) is 19.9 Å². The molecule has 1 atom stereocenters. The van der Waals surface area contributed by atoms with E-state index in [1.807, 2.05) is 11.3 Å². The summed E-state index contributed by atoms with van der Waals surface area (Å²) in [5, 5.41) is 0. The Morgan fingerprint density at radius 3 is 2.67 bits per heavy atom. The van der Waals surface area contributed by atoms with Gasteiger partial charge < -0.3 is 5.73 Å². The van der Waals surface area contributed by atoms with Crippen LogP contribution in [-0.2, 0) is 12.8 Å². The SMILES string of the molecule is CCC(CC)C(N)c1cc2c(s1)CCC2. The van der Waals surface area contributed by atoms with Gasteiger partial charge in [0, 0.05) is 15.8 Å². The predicted molar refractivity (Wildman–Crippen MR) is 67.3 cm³/mol. The monoisotopic (exact) mass is 223 g/mol. The topological polar surface area (TPSA) is 26.0 Å². The van der Waals surface area contributed by atoms with E-state index in [9.17, 15) is 0 Å². The molecule has 84 valence electrons. The van der Waals surface area contributed by atoms with E-state index in [0.29, 0.717) is 5.92 Å². The highest BCUT2D eigenvalue weighted by Gasteiger charge is 2.21. The highest BCUT2D eigenvalue weighted by Crippen LogP contribution is 2.36. The zero-order chi connectivity index (χ0) is 10.8. The molecule has 0 spiro atoms. The Labute approximate surface area is 96.7 Å². The minimum atomic E-state index is 0.274. The first-order valence-electron chi connectivity index (χ1n) is 6.13. The lowest BCUT2D eigenvalue weighted by Crippen LogP contribution is -2.19. The molecule has 0 saturated heterocycles. The average Bonchev–Trinajstić information content (AvgIpc) is 2.78. The zero-order valence-corrected chi connectivity index (χ0v) is 10.6. The third-order valence-electron chi connectivity index (χ3n) is 3.65. The summed E-state index contributed by atoms with van der Waals surface area (Å²) in [6.45, 7) is 4.49. The molecule has 1 nitrogen and oxygen atoms in total. The second-order valence-electron chi connectivity index (χ2n) is 4.55. The van der Waals surface area contributed by atoms with Gasteiger partial charge in [-0.3, -0.25) is 0 Å². The van der Waals surface area contributed by atoms with E-state index in [4.69, 9.17) is 5.73 Å². The van der Waals surface area contributed by atoms with E-state index >= 15 is 0 Å². The summed E-state index contributed by atoms with van der Waals surface area (Å²) in [5.74, 6) is 0.656. The molecule has 15 heavy (non-hydrogen) atoms. The molecule has 0 amide bonds. The molecular weight excluding hydrogens is 202 g/mol. The van der Waals surface area contributed by atoms with Gasteiger partial charge in [-0.25, -0.2) is 0 Å². The first kappa shape index (κ1) is 11.2. The van der Waals surface area contributed by atoms with Gasteiger partial charge in [-0.1, -0.05) is 26.7 Å². The van der Waals surface area contributed by atoms with Crippen LogP contribution in [-0.4, -0.2) is 0 Å². The van der Waals surface area contributed by atoms with Gasteiger partial charge in [-0.05, 0) is 36.8 Å². The van der Waals surface area contributed by atoms with Crippen LogP contribution in [0.5, 0.6) is 0 Å². The maximum absolute atomic E-state index is 6.33. The van der Waals surface area contributed by atoms with Crippen molar-refractivity contribution in [3.8, 4) is 0 Å². The van der Waals surface area contributed by atoms with Crippen molar-refractivity contribution in [3.63, 3.8) is 0 Å². The van der Waals surface area contributed by atoms with Crippen LogP contribution < -0.4 is 5.73 Å². The molecule has 1 aliphatic carbocycles. The van der Waals surface area contributed by atoms with Crippen molar-refractivity contribution >= 4 is 11.3 Å². The molecule has 1 heterocycles. The van der Waals surface area contributed by atoms with Crippen LogP contribution in [0.2, 0.25) is 0 Å². The Hall–Kier alpha value is -0.340. The van der Waals surface area contributed by atoms with Crippen molar-refractivity contribution in [3.05, 3.63) is 21.4 Å². The van der Waals surface area contributed by atoms with Crippen LogP contribution in [0.4, 0.5) is 0 Å². The standard InChI is InChI=1S/C13H21NS/c1-3-9(4-2)13(14)12-8-10-6-5-7-11(10)15-12/h8-9,13H,3-7,14H2,1-2H3. The summed E-state index contributed by atoms with van der Waals surface area (Å²) in [5.41, 5.74) is 7.91. The minimum Gasteiger partial charge on any atom is -0.323 e. The van der Waals surface area contributed by atoms with Crippen molar-refractivity contribution in [2.75, 3.05) is 0 Å². The normalized spacial score (nSPS) is 17.1. The largest absolute Gasteiger partial charge is 0.323 e. The molecule has 0 fully saturated rings. The predicted octanol–water partition coefficient (Wildman–Crippen LogP) is 3.67. The number of nitrogens with two attached hydrogens (primary N) is 1. The second-order valence-corrected chi connectivity index (χ2v) is 5.72. The van der Waals surface area contributed by atoms with E-state index in [-0.39, 0.29) is 6.04 Å². The first-order chi connectivity index (χ1) is 7.26. The van der Waals surface area contributed by atoms with Crippen molar-refractivity contribution in [1.29, 1.82) is 0 Å². The third kappa shape index (κ3) is 2.11. The first-order valence-corrected chi connectivity index (χ1v) is 6.95. The molecule has 0 bridgehead atoms. The van der Waals surface area contributed by atoms with E-state index < -0.39 is 0 Å². The number of rotatable bonds is 4. The molecule has 1 unspecified atom stereocenters. The van der Waals surface area contributed by atoms with E-state index in [0.717, 1.165) is 0 Å². The lowest BCUT2D eigenvalue weighted by atomic mass is 9.93. The molecule has 2 N–H and O–H groups in total. The molecule has 0 aromatic carbocycles. The van der Waals surface area contributed by atoms with Crippen LogP contribution in [0.1, 0.15) is 54.5 Å². The number of thiophene rings is 1. The van der Waals surface area contributed by atoms with Gasteiger partial charge in [0.15, 0.2) is 0 Å². The van der Waals surface area contributed by atoms with Crippen molar-refractivity contribution in [2.24, 2.45) is 11.7 Å². The number of fused-ring (bicyclic) bond motifs is 1. The summed E-state index contributed by atoms with van der Waals surface area (Å²) in [6, 6.07) is 2.64. The average molecular weight is 223 g/mol. The van der Waals surface area contributed by atoms with Gasteiger partial charge in [0.25, 0.3) is 0 Å². The van der Waals surface area contributed by atoms with Gasteiger partial charge in [0.1, 0.15) is 0 Å². The quantitative estimate of drug-likeness (QED) is 0.828. The molecule has 1 aromatic rings. The van der Waals surface area contributed by atoms with Crippen LogP contribution in [0.3, 0.4) is 0 Å². The van der Waals surface area contributed by atoms with E-state index in [1.165, 1.54) is 37.0 Å². The Morgan fingerprint density at radius 2 is 2.07 bits per heavy atom. The fourth-order valence-corrected chi connectivity index (χ4v) is 3.90. The third-order valence-corrected chi connectivity index (χ3v) is 4.99. The molecular formula is C13H21NS. The van der Waals surface area contributed by atoms with Crippen molar-refractivity contribution < 1.29 is 0 Å². The molecule has 2 rings (SSSR count). The minimum absolute atomic E-state index is 0.274. The number of aryl methyl sites for hydroxylation is 2. The highest BCUT2D eigenvalue weighted by atomic mass is 32.1. The van der Waals surface area contributed by atoms with Crippen LogP contribution in [0.15, 0.2) is 6.07 Å². The summed E-state index contributed by atoms with van der Waals surface area (Å²) in [6.07, 6.45) is 6.30. The maximum atomic E-state index is 6.33. The van der Waals surface area contributed by atoms with Crippen molar-refractivity contribution in [1.82, 2.24) is 0 Å². The van der Waals surface area contributed by atoms with Gasteiger partial charge in [-0.15, -0.1) is 11.3 Å². The van der Waals surface area contributed by atoms with Crippen molar-refractivity contribution in [2.45, 2.75) is 52.0 Å².